The molecular weight excluding hydrogens is 474 g/mol. The highest BCUT2D eigenvalue weighted by atomic mass is 32.2. The lowest BCUT2D eigenvalue weighted by Crippen LogP contribution is -2.35. The van der Waals surface area contributed by atoms with Gasteiger partial charge in [0, 0.05) is 11.4 Å². The predicted octanol–water partition coefficient (Wildman–Crippen LogP) is 5.19. The largest absolute Gasteiger partial charge is 0.492 e. The van der Waals surface area contributed by atoms with Crippen LogP contribution in [0.4, 0.5) is 0 Å². The Balaban J connectivity index is 1.42. The minimum atomic E-state index is -0.460. The molecule has 36 heavy (non-hydrogen) atoms. The van der Waals surface area contributed by atoms with Crippen LogP contribution in [0.3, 0.4) is 0 Å². The normalized spacial score (nSPS) is 16.2. The molecule has 0 radical (unpaired) electrons. The average molecular weight is 500 g/mol. The number of aromatic nitrogens is 1. The lowest BCUT2D eigenvalue weighted by molar-refractivity contribution is -0.114. The SMILES string of the molecule is CCOc1ccccc1-n1c(C)cc(C=C2C(=N)N3N=C(COc4ccccc4)SC3=NC2=O)c1C. The zero-order valence-electron chi connectivity index (χ0n) is 20.2. The maximum absolute atomic E-state index is 12.9. The molecule has 3 heterocycles. The van der Waals surface area contributed by atoms with Gasteiger partial charge in [0.1, 0.15) is 23.1 Å². The molecule has 0 bridgehead atoms. The first-order valence-corrected chi connectivity index (χ1v) is 12.4. The molecule has 0 saturated carbocycles. The summed E-state index contributed by atoms with van der Waals surface area (Å²) in [6, 6.07) is 19.3. The number of amides is 1. The number of carbonyl (C=O) groups is 1. The van der Waals surface area contributed by atoms with E-state index in [-0.39, 0.29) is 18.0 Å². The van der Waals surface area contributed by atoms with Crippen LogP contribution in [-0.4, -0.2) is 44.7 Å². The second-order valence-corrected chi connectivity index (χ2v) is 9.22. The zero-order valence-corrected chi connectivity index (χ0v) is 21.0. The van der Waals surface area contributed by atoms with E-state index in [1.54, 1.807) is 6.08 Å². The van der Waals surface area contributed by atoms with E-state index in [2.05, 4.69) is 14.7 Å². The highest BCUT2D eigenvalue weighted by molar-refractivity contribution is 8.27. The van der Waals surface area contributed by atoms with E-state index in [9.17, 15) is 4.79 Å². The van der Waals surface area contributed by atoms with Gasteiger partial charge in [-0.15, -0.1) is 0 Å². The third-order valence-electron chi connectivity index (χ3n) is 5.78. The van der Waals surface area contributed by atoms with Gasteiger partial charge in [-0.25, -0.2) is 0 Å². The van der Waals surface area contributed by atoms with Gasteiger partial charge in [-0.05, 0) is 74.5 Å². The van der Waals surface area contributed by atoms with Gasteiger partial charge in [0.25, 0.3) is 5.91 Å². The molecule has 182 valence electrons. The van der Waals surface area contributed by atoms with Crippen molar-refractivity contribution in [1.82, 2.24) is 9.58 Å². The monoisotopic (exact) mass is 499 g/mol. The molecule has 1 amide bonds. The lowest BCUT2D eigenvalue weighted by atomic mass is 10.1. The highest BCUT2D eigenvalue weighted by Gasteiger charge is 2.36. The number of ether oxygens (including phenoxy) is 2. The van der Waals surface area contributed by atoms with Crippen LogP contribution in [0.2, 0.25) is 0 Å². The summed E-state index contributed by atoms with van der Waals surface area (Å²) >= 11 is 1.24. The van der Waals surface area contributed by atoms with Crippen molar-refractivity contribution in [2.75, 3.05) is 13.2 Å². The minimum absolute atomic E-state index is 0.00766. The van der Waals surface area contributed by atoms with Crippen molar-refractivity contribution >= 4 is 39.8 Å². The Hall–Kier alpha value is -4.11. The Morgan fingerprint density at radius 1 is 1.06 bits per heavy atom. The molecule has 2 aliphatic heterocycles. The number of hydrazone groups is 1. The van der Waals surface area contributed by atoms with Crippen molar-refractivity contribution in [2.45, 2.75) is 20.8 Å². The molecule has 0 spiro atoms. The van der Waals surface area contributed by atoms with Crippen molar-refractivity contribution < 1.29 is 14.3 Å². The van der Waals surface area contributed by atoms with Gasteiger partial charge in [-0.1, -0.05) is 30.3 Å². The number of hydrogen-bond donors (Lipinski definition) is 1. The lowest BCUT2D eigenvalue weighted by Gasteiger charge is -2.20. The van der Waals surface area contributed by atoms with Gasteiger partial charge < -0.3 is 14.0 Å². The van der Waals surface area contributed by atoms with Crippen LogP contribution in [0.25, 0.3) is 11.8 Å². The topological polar surface area (TPSA) is 92.3 Å². The van der Waals surface area contributed by atoms with Crippen LogP contribution < -0.4 is 9.47 Å². The molecule has 2 aromatic carbocycles. The van der Waals surface area contributed by atoms with E-state index in [0.717, 1.165) is 34.1 Å². The smallest absolute Gasteiger partial charge is 0.283 e. The third-order valence-corrected chi connectivity index (χ3v) is 6.66. The first kappa shape index (κ1) is 23.6. The molecule has 0 fully saturated rings. The van der Waals surface area contributed by atoms with Crippen molar-refractivity contribution in [3.05, 3.63) is 83.2 Å². The van der Waals surface area contributed by atoms with Crippen molar-refractivity contribution in [3.63, 3.8) is 0 Å². The fraction of sp³-hybridized carbons (Fsp3) is 0.185. The molecule has 1 aromatic heterocycles. The van der Waals surface area contributed by atoms with E-state index >= 15 is 0 Å². The summed E-state index contributed by atoms with van der Waals surface area (Å²) < 4.78 is 13.7. The molecule has 0 atom stereocenters. The van der Waals surface area contributed by atoms with Gasteiger partial charge in [0.2, 0.25) is 5.17 Å². The second kappa shape index (κ2) is 9.87. The molecule has 0 unspecified atom stereocenters. The van der Waals surface area contributed by atoms with Crippen LogP contribution in [0.5, 0.6) is 11.5 Å². The van der Waals surface area contributed by atoms with E-state index in [4.69, 9.17) is 14.9 Å². The molecule has 9 heteroatoms. The number of aryl methyl sites for hydroxylation is 1. The number of amidine groups is 2. The number of fused-ring (bicyclic) bond motifs is 1. The van der Waals surface area contributed by atoms with E-state index in [0.29, 0.717) is 16.8 Å². The molecule has 2 aliphatic rings. The van der Waals surface area contributed by atoms with Gasteiger partial charge >= 0.3 is 0 Å². The van der Waals surface area contributed by atoms with Crippen LogP contribution in [-0.2, 0) is 4.79 Å². The summed E-state index contributed by atoms with van der Waals surface area (Å²) in [5.74, 6) is 1.04. The van der Waals surface area contributed by atoms with Crippen molar-refractivity contribution in [3.8, 4) is 17.2 Å². The Morgan fingerprint density at radius 3 is 2.58 bits per heavy atom. The van der Waals surface area contributed by atoms with Gasteiger partial charge in [-0.2, -0.15) is 15.1 Å². The molecule has 1 N–H and O–H groups in total. The average Bonchev–Trinajstić information content (AvgIpc) is 3.41. The number of nitrogens with one attached hydrogen (secondary N) is 1. The number of nitrogens with zero attached hydrogens (tertiary/aromatic N) is 4. The van der Waals surface area contributed by atoms with Crippen LogP contribution in [0.1, 0.15) is 23.9 Å². The Kier molecular flexibility index (Phi) is 6.47. The Labute approximate surface area is 213 Å². The zero-order chi connectivity index (χ0) is 25.2. The summed E-state index contributed by atoms with van der Waals surface area (Å²) in [6.45, 7) is 6.73. The first-order valence-electron chi connectivity index (χ1n) is 11.5. The summed E-state index contributed by atoms with van der Waals surface area (Å²) in [7, 11) is 0. The van der Waals surface area contributed by atoms with Crippen LogP contribution >= 0.6 is 11.8 Å². The Bertz CT molecular complexity index is 1440. The summed E-state index contributed by atoms with van der Waals surface area (Å²) in [5.41, 5.74) is 3.85. The number of thioether (sulfide) groups is 1. The number of hydrogen-bond acceptors (Lipinski definition) is 6. The number of rotatable bonds is 7. The first-order chi connectivity index (χ1) is 17.5. The van der Waals surface area contributed by atoms with Gasteiger partial charge in [-0.3, -0.25) is 10.2 Å². The minimum Gasteiger partial charge on any atom is -0.492 e. The fourth-order valence-electron chi connectivity index (χ4n) is 4.13. The van der Waals surface area contributed by atoms with E-state index < -0.39 is 5.91 Å². The van der Waals surface area contributed by atoms with Crippen molar-refractivity contribution in [2.24, 2.45) is 10.1 Å². The molecule has 3 aromatic rings. The maximum Gasteiger partial charge on any atom is 0.283 e. The summed E-state index contributed by atoms with van der Waals surface area (Å²) in [5, 5.41) is 15.6. The molecule has 0 saturated heterocycles. The van der Waals surface area contributed by atoms with Gasteiger partial charge in [0.05, 0.1) is 17.9 Å². The number of aliphatic imine (C=N–C) groups is 1. The number of para-hydroxylation sites is 3. The molecule has 8 nitrogen and oxygen atoms in total. The third kappa shape index (κ3) is 4.45. The van der Waals surface area contributed by atoms with E-state index in [1.807, 2.05) is 81.4 Å². The van der Waals surface area contributed by atoms with Crippen LogP contribution in [0.15, 0.2) is 76.3 Å². The summed E-state index contributed by atoms with van der Waals surface area (Å²) in [4.78, 5) is 17.1. The van der Waals surface area contributed by atoms with Gasteiger partial charge in [0.15, 0.2) is 5.84 Å². The molecular formula is C27H25N5O3S. The number of benzene rings is 2. The number of carbonyl (C=O) groups excluding carboxylic acids is 1. The fourth-order valence-corrected chi connectivity index (χ4v) is 4.93. The van der Waals surface area contributed by atoms with E-state index in [1.165, 1.54) is 16.8 Å². The maximum atomic E-state index is 12.9. The Morgan fingerprint density at radius 2 is 1.81 bits per heavy atom. The molecule has 5 rings (SSSR count). The second-order valence-electron chi connectivity index (χ2n) is 8.18. The standard InChI is InChI=1S/C27H25N5O3S/c1-4-34-23-13-9-8-12-22(23)31-17(2)14-19(18(31)3)15-21-25(28)32-27(29-26(21)33)36-24(30-32)16-35-20-10-6-5-7-11-20/h5-15,28H,4,16H2,1-3H3. The summed E-state index contributed by atoms with van der Waals surface area (Å²) in [6.07, 6.45) is 1.71. The predicted molar refractivity (Wildman–Crippen MR) is 143 cm³/mol. The van der Waals surface area contributed by atoms with Crippen molar-refractivity contribution in [1.29, 1.82) is 5.41 Å². The molecule has 0 aliphatic carbocycles. The van der Waals surface area contributed by atoms with Crippen LogP contribution in [0, 0.1) is 19.3 Å². The highest BCUT2D eigenvalue weighted by Crippen LogP contribution is 2.32. The quantitative estimate of drug-likeness (QED) is 0.452.